The lowest BCUT2D eigenvalue weighted by molar-refractivity contribution is -0.128. The van der Waals surface area contributed by atoms with Gasteiger partial charge in [0, 0.05) is 20.1 Å². The Balaban J connectivity index is 1.97. The minimum Gasteiger partial charge on any atom is -0.359 e. The number of aromatic amines is 1. The molecule has 0 saturated carbocycles. The molecule has 1 saturated heterocycles. The van der Waals surface area contributed by atoms with Crippen molar-refractivity contribution in [1.29, 1.82) is 0 Å². The molecule has 1 fully saturated rings. The zero-order chi connectivity index (χ0) is 14.3. The number of carbonyl (C=O) groups excluding carboxylic acids is 1. The van der Waals surface area contributed by atoms with E-state index in [1.807, 2.05) is 11.8 Å². The van der Waals surface area contributed by atoms with E-state index in [2.05, 4.69) is 25.3 Å². The van der Waals surface area contributed by atoms with Gasteiger partial charge in [0.2, 0.25) is 11.2 Å². The molecule has 0 radical (unpaired) electrons. The van der Waals surface area contributed by atoms with Gasteiger partial charge in [-0.05, 0) is 24.9 Å². The predicted octanol–water partition coefficient (Wildman–Crippen LogP) is 0.969. The fraction of sp³-hybridized carbons (Fsp3) is 0.500. The SMILES string of the molecule is CNC(=O)C1(C)CCN(c2nc(Cl)nc3nc[nH]c23)C1. The van der Waals surface area contributed by atoms with Crippen LogP contribution in [0.25, 0.3) is 11.2 Å². The van der Waals surface area contributed by atoms with Gasteiger partial charge >= 0.3 is 0 Å². The van der Waals surface area contributed by atoms with Crippen molar-refractivity contribution in [3.05, 3.63) is 11.6 Å². The lowest BCUT2D eigenvalue weighted by Crippen LogP contribution is -2.39. The van der Waals surface area contributed by atoms with Gasteiger partial charge in [0.1, 0.15) is 5.52 Å². The molecule has 106 valence electrons. The zero-order valence-electron chi connectivity index (χ0n) is 11.3. The number of anilines is 1. The number of H-pyrrole nitrogens is 1. The second kappa shape index (κ2) is 4.59. The lowest BCUT2D eigenvalue weighted by Gasteiger charge is -2.23. The number of carbonyl (C=O) groups is 1. The molecule has 0 bridgehead atoms. The average Bonchev–Trinajstić information content (AvgIpc) is 3.04. The number of rotatable bonds is 2. The van der Waals surface area contributed by atoms with E-state index >= 15 is 0 Å². The molecular formula is C12H15ClN6O. The van der Waals surface area contributed by atoms with Crippen LogP contribution in [-0.2, 0) is 4.79 Å². The summed E-state index contributed by atoms with van der Waals surface area (Å²) < 4.78 is 0. The summed E-state index contributed by atoms with van der Waals surface area (Å²) in [6.07, 6.45) is 2.33. The van der Waals surface area contributed by atoms with Crippen LogP contribution in [0.1, 0.15) is 13.3 Å². The molecule has 2 aromatic heterocycles. The highest BCUT2D eigenvalue weighted by Gasteiger charge is 2.40. The van der Waals surface area contributed by atoms with Crippen LogP contribution in [0, 0.1) is 5.41 Å². The second-order valence-corrected chi connectivity index (χ2v) is 5.57. The smallest absolute Gasteiger partial charge is 0.227 e. The van der Waals surface area contributed by atoms with Crippen molar-refractivity contribution in [2.24, 2.45) is 5.41 Å². The molecule has 1 aliphatic rings. The molecule has 7 nitrogen and oxygen atoms in total. The number of fused-ring (bicyclic) bond motifs is 1. The fourth-order valence-corrected chi connectivity index (χ4v) is 2.81. The maximum Gasteiger partial charge on any atom is 0.227 e. The minimum atomic E-state index is -0.418. The summed E-state index contributed by atoms with van der Waals surface area (Å²) in [5.41, 5.74) is 0.863. The largest absolute Gasteiger partial charge is 0.359 e. The van der Waals surface area contributed by atoms with Crippen LogP contribution in [0.4, 0.5) is 5.82 Å². The van der Waals surface area contributed by atoms with Gasteiger partial charge in [-0.3, -0.25) is 4.79 Å². The van der Waals surface area contributed by atoms with Gasteiger partial charge in [-0.15, -0.1) is 0 Å². The van der Waals surface area contributed by atoms with Crippen molar-refractivity contribution >= 4 is 34.5 Å². The molecule has 2 N–H and O–H groups in total. The van der Waals surface area contributed by atoms with Crippen LogP contribution in [0.3, 0.4) is 0 Å². The molecule has 3 rings (SSSR count). The van der Waals surface area contributed by atoms with Crippen LogP contribution < -0.4 is 10.2 Å². The summed E-state index contributed by atoms with van der Waals surface area (Å²) in [5.74, 6) is 0.742. The third kappa shape index (κ3) is 1.98. The molecule has 1 unspecified atom stereocenters. The molecule has 2 aromatic rings. The molecule has 1 amide bonds. The van der Waals surface area contributed by atoms with E-state index in [0.29, 0.717) is 18.0 Å². The van der Waals surface area contributed by atoms with Gasteiger partial charge in [0.25, 0.3) is 0 Å². The molecule has 1 atom stereocenters. The minimum absolute atomic E-state index is 0.0426. The summed E-state index contributed by atoms with van der Waals surface area (Å²) in [6, 6.07) is 0. The zero-order valence-corrected chi connectivity index (χ0v) is 12.0. The first-order chi connectivity index (χ1) is 9.53. The van der Waals surface area contributed by atoms with Crippen LogP contribution in [0.15, 0.2) is 6.33 Å². The number of amides is 1. The van der Waals surface area contributed by atoms with Crippen LogP contribution >= 0.6 is 11.6 Å². The van der Waals surface area contributed by atoms with E-state index in [1.165, 1.54) is 0 Å². The van der Waals surface area contributed by atoms with Crippen molar-refractivity contribution in [3.8, 4) is 0 Å². The van der Waals surface area contributed by atoms with E-state index in [1.54, 1.807) is 13.4 Å². The summed E-state index contributed by atoms with van der Waals surface area (Å²) in [5, 5.41) is 2.88. The highest BCUT2D eigenvalue weighted by atomic mass is 35.5. The average molecular weight is 295 g/mol. The third-order valence-corrected chi connectivity index (χ3v) is 3.96. The van der Waals surface area contributed by atoms with Crippen LogP contribution in [-0.4, -0.2) is 46.0 Å². The maximum absolute atomic E-state index is 12.0. The quantitative estimate of drug-likeness (QED) is 0.806. The number of nitrogens with one attached hydrogen (secondary N) is 2. The molecule has 20 heavy (non-hydrogen) atoms. The van der Waals surface area contributed by atoms with Gasteiger partial charge in [-0.1, -0.05) is 0 Å². The summed E-state index contributed by atoms with van der Waals surface area (Å²) in [4.78, 5) is 29.5. The van der Waals surface area contributed by atoms with E-state index in [9.17, 15) is 4.79 Å². The molecule has 0 spiro atoms. The summed E-state index contributed by atoms with van der Waals surface area (Å²) >= 11 is 5.94. The fourth-order valence-electron chi connectivity index (χ4n) is 2.65. The molecular weight excluding hydrogens is 280 g/mol. The Kier molecular flexibility index (Phi) is 3.01. The number of hydrogen-bond acceptors (Lipinski definition) is 5. The van der Waals surface area contributed by atoms with Crippen molar-refractivity contribution in [3.63, 3.8) is 0 Å². The van der Waals surface area contributed by atoms with Crippen LogP contribution in [0.5, 0.6) is 0 Å². The number of halogens is 1. The highest BCUT2D eigenvalue weighted by Crippen LogP contribution is 2.34. The van der Waals surface area contributed by atoms with E-state index in [0.717, 1.165) is 18.5 Å². The number of imidazole rings is 1. The number of aromatic nitrogens is 4. The number of hydrogen-bond donors (Lipinski definition) is 2. The summed E-state index contributed by atoms with van der Waals surface area (Å²) in [6.45, 7) is 3.29. The summed E-state index contributed by atoms with van der Waals surface area (Å²) in [7, 11) is 1.66. The van der Waals surface area contributed by atoms with Gasteiger partial charge in [-0.25, -0.2) is 4.98 Å². The Morgan fingerprint density at radius 1 is 1.55 bits per heavy atom. The lowest BCUT2D eigenvalue weighted by atomic mass is 9.89. The Hall–Kier alpha value is -1.89. The monoisotopic (exact) mass is 294 g/mol. The van der Waals surface area contributed by atoms with Gasteiger partial charge in [-0.2, -0.15) is 9.97 Å². The van der Waals surface area contributed by atoms with Gasteiger partial charge in [0.05, 0.1) is 11.7 Å². The molecule has 1 aliphatic heterocycles. The molecule has 0 aromatic carbocycles. The van der Waals surface area contributed by atoms with Gasteiger partial charge < -0.3 is 15.2 Å². The van der Waals surface area contributed by atoms with E-state index < -0.39 is 5.41 Å². The first kappa shape index (κ1) is 13.1. The second-order valence-electron chi connectivity index (χ2n) is 5.23. The number of nitrogens with zero attached hydrogens (tertiary/aromatic N) is 4. The first-order valence-electron chi connectivity index (χ1n) is 6.37. The molecule has 3 heterocycles. The van der Waals surface area contributed by atoms with Crippen molar-refractivity contribution in [2.75, 3.05) is 25.0 Å². The van der Waals surface area contributed by atoms with E-state index in [4.69, 9.17) is 11.6 Å². The standard InChI is InChI=1S/C12H15ClN6O/c1-12(10(20)14-2)3-4-19(5-12)9-7-8(16-6-15-7)17-11(13)18-9/h6H,3-5H2,1-2H3,(H,14,20)(H,15,16,17,18). The van der Waals surface area contributed by atoms with Crippen molar-refractivity contribution in [2.45, 2.75) is 13.3 Å². The normalized spacial score (nSPS) is 22.4. The topological polar surface area (TPSA) is 86.8 Å². The van der Waals surface area contributed by atoms with Crippen molar-refractivity contribution < 1.29 is 4.79 Å². The molecule has 0 aliphatic carbocycles. The highest BCUT2D eigenvalue weighted by molar-refractivity contribution is 6.28. The third-order valence-electron chi connectivity index (χ3n) is 3.79. The Labute approximate surface area is 120 Å². The maximum atomic E-state index is 12.0. The predicted molar refractivity (Wildman–Crippen MR) is 75.7 cm³/mol. The Morgan fingerprint density at radius 3 is 3.10 bits per heavy atom. The van der Waals surface area contributed by atoms with Crippen LogP contribution in [0.2, 0.25) is 5.28 Å². The van der Waals surface area contributed by atoms with E-state index in [-0.39, 0.29) is 11.2 Å². The van der Waals surface area contributed by atoms with Gasteiger partial charge in [0.15, 0.2) is 11.5 Å². The van der Waals surface area contributed by atoms with Crippen molar-refractivity contribution in [1.82, 2.24) is 25.3 Å². The molecule has 8 heteroatoms. The Bertz CT molecular complexity index is 671. The first-order valence-corrected chi connectivity index (χ1v) is 6.75. The Morgan fingerprint density at radius 2 is 2.35 bits per heavy atom.